The molecule has 0 aliphatic heterocycles. The van der Waals surface area contributed by atoms with Gasteiger partial charge in [-0.1, -0.05) is 42.5 Å². The van der Waals surface area contributed by atoms with Gasteiger partial charge in [-0.3, -0.25) is 14.9 Å². The molecule has 3 N–H and O–H groups in total. The van der Waals surface area contributed by atoms with Crippen LogP contribution in [-0.2, 0) is 16.1 Å². The summed E-state index contributed by atoms with van der Waals surface area (Å²) in [5.41, 5.74) is 7.14. The van der Waals surface area contributed by atoms with Crippen molar-refractivity contribution in [3.05, 3.63) is 71.8 Å². The van der Waals surface area contributed by atoms with E-state index in [9.17, 15) is 9.59 Å². The lowest BCUT2D eigenvalue weighted by molar-refractivity contribution is -0.118. The number of primary amides is 1. The summed E-state index contributed by atoms with van der Waals surface area (Å²) < 4.78 is 5.40. The number of carbonyl (C=O) groups excluding carboxylic acids is 2. The molecule has 0 saturated heterocycles. The molecule has 2 aromatic rings. The van der Waals surface area contributed by atoms with Gasteiger partial charge in [-0.15, -0.1) is 0 Å². The summed E-state index contributed by atoms with van der Waals surface area (Å²) in [6, 6.07) is 17.1. The highest BCUT2D eigenvalue weighted by Gasteiger charge is 2.13. The van der Waals surface area contributed by atoms with Gasteiger partial charge in [-0.25, -0.2) is 0 Å². The Hall–Kier alpha value is -3.19. The van der Waals surface area contributed by atoms with Crippen LogP contribution in [0.15, 0.2) is 60.7 Å². The molecule has 0 atom stereocenters. The fourth-order valence-corrected chi connectivity index (χ4v) is 2.80. The number of rotatable bonds is 9. The van der Waals surface area contributed by atoms with E-state index in [1.165, 1.54) is 6.08 Å². The quantitative estimate of drug-likeness (QED) is 0.490. The number of nitrogens with one attached hydrogen (secondary N) is 1. The maximum atomic E-state index is 12.3. The molecule has 29 heavy (non-hydrogen) atoms. The van der Waals surface area contributed by atoms with Crippen LogP contribution in [0, 0.1) is 0 Å². The van der Waals surface area contributed by atoms with E-state index in [1.807, 2.05) is 61.5 Å². The van der Waals surface area contributed by atoms with Gasteiger partial charge in [-0.05, 0) is 48.5 Å². The lowest BCUT2D eigenvalue weighted by Crippen LogP contribution is -2.43. The van der Waals surface area contributed by atoms with Gasteiger partial charge in [0.05, 0.1) is 6.61 Å². The molecule has 0 radical (unpaired) electrons. The van der Waals surface area contributed by atoms with Gasteiger partial charge < -0.3 is 15.4 Å². The molecule has 0 aromatic heterocycles. The fourth-order valence-electron chi connectivity index (χ4n) is 2.54. The Kier molecular flexibility index (Phi) is 8.85. The minimum atomic E-state index is -0.424. The minimum absolute atomic E-state index is 0.144. The summed E-state index contributed by atoms with van der Waals surface area (Å²) in [5, 5.41) is 2.93. The van der Waals surface area contributed by atoms with Gasteiger partial charge in [0, 0.05) is 25.6 Å². The third-order valence-corrected chi connectivity index (χ3v) is 4.34. The van der Waals surface area contributed by atoms with E-state index in [4.69, 9.17) is 22.7 Å². The van der Waals surface area contributed by atoms with Crippen LogP contribution in [0.3, 0.4) is 0 Å². The number of hydrogen-bond acceptors (Lipinski definition) is 4. The van der Waals surface area contributed by atoms with Crippen LogP contribution in [-0.4, -0.2) is 35.0 Å². The van der Waals surface area contributed by atoms with E-state index in [0.717, 1.165) is 16.9 Å². The summed E-state index contributed by atoms with van der Waals surface area (Å²) in [4.78, 5) is 25.2. The first kappa shape index (κ1) is 22.1. The predicted molar refractivity (Wildman–Crippen MR) is 118 cm³/mol. The Morgan fingerprint density at radius 3 is 2.45 bits per heavy atom. The lowest BCUT2D eigenvalue weighted by Gasteiger charge is -2.24. The number of nitrogens with two attached hydrogens (primary N) is 1. The largest absolute Gasteiger partial charge is 0.494 e. The van der Waals surface area contributed by atoms with Crippen LogP contribution < -0.4 is 15.8 Å². The number of amides is 2. The van der Waals surface area contributed by atoms with Crippen molar-refractivity contribution in [3.8, 4) is 5.75 Å². The zero-order valence-electron chi connectivity index (χ0n) is 16.3. The molecule has 6 nitrogen and oxygen atoms in total. The SMILES string of the molecule is CCOc1ccc(/C=C/C(=O)NC(=S)N(CCC(N)=O)Cc2ccccc2)cc1. The third-order valence-electron chi connectivity index (χ3n) is 3.98. The topological polar surface area (TPSA) is 84.7 Å². The minimum Gasteiger partial charge on any atom is -0.494 e. The average Bonchev–Trinajstić information content (AvgIpc) is 2.71. The summed E-state index contributed by atoms with van der Waals surface area (Å²) >= 11 is 5.37. The smallest absolute Gasteiger partial charge is 0.250 e. The molecule has 0 spiro atoms. The highest BCUT2D eigenvalue weighted by Crippen LogP contribution is 2.13. The molecule has 0 aliphatic carbocycles. The van der Waals surface area contributed by atoms with Crippen LogP contribution in [0.25, 0.3) is 6.08 Å². The second kappa shape index (κ2) is 11.6. The monoisotopic (exact) mass is 411 g/mol. The first-order chi connectivity index (χ1) is 14.0. The van der Waals surface area contributed by atoms with E-state index in [0.29, 0.717) is 19.7 Å². The molecule has 2 rings (SSSR count). The summed E-state index contributed by atoms with van der Waals surface area (Å²) in [6.45, 7) is 3.32. The van der Waals surface area contributed by atoms with Crippen molar-refractivity contribution in [3.63, 3.8) is 0 Å². The Morgan fingerprint density at radius 1 is 1.14 bits per heavy atom. The summed E-state index contributed by atoms with van der Waals surface area (Å²) in [5.74, 6) is 0.00916. The Morgan fingerprint density at radius 2 is 1.83 bits per heavy atom. The molecule has 2 amide bonds. The molecule has 0 heterocycles. The van der Waals surface area contributed by atoms with E-state index in [2.05, 4.69) is 5.32 Å². The standard InChI is InChI=1S/C22H25N3O3S/c1-2-28-19-11-8-17(9-12-19)10-13-21(27)24-22(29)25(15-14-20(23)26)16-18-6-4-3-5-7-18/h3-13H,2,14-16H2,1H3,(H2,23,26)(H,24,27,29)/b13-10+. The van der Waals surface area contributed by atoms with Crippen molar-refractivity contribution in [1.82, 2.24) is 10.2 Å². The van der Waals surface area contributed by atoms with Crippen LogP contribution in [0.5, 0.6) is 5.75 Å². The Bertz CT molecular complexity index is 851. The molecular formula is C22H25N3O3S. The number of benzene rings is 2. The van der Waals surface area contributed by atoms with E-state index >= 15 is 0 Å². The van der Waals surface area contributed by atoms with Gasteiger partial charge in [0.2, 0.25) is 11.8 Å². The van der Waals surface area contributed by atoms with Crippen LogP contribution in [0.4, 0.5) is 0 Å². The number of nitrogens with zero attached hydrogens (tertiary/aromatic N) is 1. The van der Waals surface area contributed by atoms with Gasteiger partial charge in [0.1, 0.15) is 5.75 Å². The Labute approximate surface area is 176 Å². The second-order valence-corrected chi connectivity index (χ2v) is 6.64. The van der Waals surface area contributed by atoms with Gasteiger partial charge in [0.25, 0.3) is 0 Å². The maximum absolute atomic E-state index is 12.3. The predicted octanol–water partition coefficient (Wildman–Crippen LogP) is 2.88. The summed E-state index contributed by atoms with van der Waals surface area (Å²) in [6.07, 6.45) is 3.25. The van der Waals surface area contributed by atoms with Crippen LogP contribution in [0.1, 0.15) is 24.5 Å². The molecule has 0 aliphatic rings. The van der Waals surface area contributed by atoms with Crippen LogP contribution >= 0.6 is 12.2 Å². The number of carbonyl (C=O) groups is 2. The van der Waals surface area contributed by atoms with Gasteiger partial charge in [0.15, 0.2) is 5.11 Å². The van der Waals surface area contributed by atoms with Crippen molar-refractivity contribution in [1.29, 1.82) is 0 Å². The van der Waals surface area contributed by atoms with E-state index in [1.54, 1.807) is 11.0 Å². The normalized spacial score (nSPS) is 10.5. The molecule has 2 aromatic carbocycles. The van der Waals surface area contributed by atoms with Gasteiger partial charge in [-0.2, -0.15) is 0 Å². The van der Waals surface area contributed by atoms with E-state index < -0.39 is 5.91 Å². The van der Waals surface area contributed by atoms with Crippen molar-refractivity contribution in [2.24, 2.45) is 5.73 Å². The second-order valence-electron chi connectivity index (χ2n) is 6.25. The maximum Gasteiger partial charge on any atom is 0.250 e. The first-order valence-corrected chi connectivity index (χ1v) is 9.72. The van der Waals surface area contributed by atoms with Crippen molar-refractivity contribution in [2.75, 3.05) is 13.2 Å². The summed E-state index contributed by atoms with van der Waals surface area (Å²) in [7, 11) is 0. The van der Waals surface area contributed by atoms with E-state index in [-0.39, 0.29) is 17.4 Å². The van der Waals surface area contributed by atoms with Crippen molar-refractivity contribution in [2.45, 2.75) is 19.9 Å². The van der Waals surface area contributed by atoms with Crippen molar-refractivity contribution < 1.29 is 14.3 Å². The molecule has 0 unspecified atom stereocenters. The first-order valence-electron chi connectivity index (χ1n) is 9.31. The third kappa shape index (κ3) is 8.15. The zero-order chi connectivity index (χ0) is 21.1. The molecular weight excluding hydrogens is 386 g/mol. The fraction of sp³-hybridized carbons (Fsp3) is 0.227. The number of thiocarbonyl (C=S) groups is 1. The highest BCUT2D eigenvalue weighted by molar-refractivity contribution is 7.80. The van der Waals surface area contributed by atoms with Gasteiger partial charge >= 0.3 is 0 Å². The lowest BCUT2D eigenvalue weighted by atomic mass is 10.2. The molecule has 152 valence electrons. The molecule has 0 saturated carbocycles. The average molecular weight is 412 g/mol. The highest BCUT2D eigenvalue weighted by atomic mass is 32.1. The number of ether oxygens (including phenoxy) is 1. The molecule has 0 bridgehead atoms. The van der Waals surface area contributed by atoms with Crippen molar-refractivity contribution >= 4 is 35.2 Å². The molecule has 7 heteroatoms. The van der Waals surface area contributed by atoms with Crippen LogP contribution in [0.2, 0.25) is 0 Å². The zero-order valence-corrected chi connectivity index (χ0v) is 17.2. The number of hydrogen-bond donors (Lipinski definition) is 2. The molecule has 0 fully saturated rings. The Balaban J connectivity index is 1.97.